The van der Waals surface area contributed by atoms with Crippen LogP contribution < -0.4 is 0 Å². The normalized spacial score (nSPS) is 16.2. The molecule has 0 unspecified atom stereocenters. The summed E-state index contributed by atoms with van der Waals surface area (Å²) in [6.45, 7) is -0.686. The standard InChI is InChI=1S/C16H10FNO5S/c17-10-3-1-2-9(6-10)12-5-4-11(23-12)7-13-15(21)18(8-14(19)20)16(22)24-13/h1-7H,8H2,(H,19,20)/b13-7-. The third kappa shape index (κ3) is 3.23. The highest BCUT2D eigenvalue weighted by Crippen LogP contribution is 2.33. The van der Waals surface area contributed by atoms with E-state index >= 15 is 0 Å². The van der Waals surface area contributed by atoms with Crippen LogP contribution in [0.15, 0.2) is 45.7 Å². The molecule has 1 aliphatic rings. The number of imide groups is 1. The summed E-state index contributed by atoms with van der Waals surface area (Å²) in [6.07, 6.45) is 1.36. The number of aliphatic carboxylic acids is 1. The summed E-state index contributed by atoms with van der Waals surface area (Å²) in [5.74, 6) is -1.65. The Hall–Kier alpha value is -2.87. The Morgan fingerprint density at radius 1 is 1.29 bits per heavy atom. The Balaban J connectivity index is 1.84. The van der Waals surface area contributed by atoms with Crippen molar-refractivity contribution in [3.8, 4) is 11.3 Å². The van der Waals surface area contributed by atoms with Crippen LogP contribution >= 0.6 is 11.8 Å². The van der Waals surface area contributed by atoms with Crippen LogP contribution in [0, 0.1) is 5.82 Å². The van der Waals surface area contributed by atoms with E-state index in [1.165, 1.54) is 18.2 Å². The monoisotopic (exact) mass is 347 g/mol. The molecule has 1 fully saturated rings. The molecule has 0 saturated carbocycles. The summed E-state index contributed by atoms with van der Waals surface area (Å²) in [4.78, 5) is 35.1. The van der Waals surface area contributed by atoms with E-state index in [2.05, 4.69) is 0 Å². The number of nitrogens with zero attached hydrogens (tertiary/aromatic N) is 1. The summed E-state index contributed by atoms with van der Waals surface area (Å²) in [6, 6.07) is 9.03. The number of carboxylic acid groups (broad SMARTS) is 1. The Morgan fingerprint density at radius 2 is 2.08 bits per heavy atom. The smallest absolute Gasteiger partial charge is 0.323 e. The van der Waals surface area contributed by atoms with Gasteiger partial charge in [0.2, 0.25) is 0 Å². The van der Waals surface area contributed by atoms with Gasteiger partial charge in [0.15, 0.2) is 0 Å². The molecule has 6 nitrogen and oxygen atoms in total. The lowest BCUT2D eigenvalue weighted by molar-refractivity contribution is -0.140. The topological polar surface area (TPSA) is 87.8 Å². The van der Waals surface area contributed by atoms with Gasteiger partial charge in [-0.05, 0) is 36.0 Å². The lowest BCUT2D eigenvalue weighted by Gasteiger charge is -2.07. The van der Waals surface area contributed by atoms with Crippen molar-refractivity contribution in [3.05, 3.63) is 52.9 Å². The summed E-state index contributed by atoms with van der Waals surface area (Å²) < 4.78 is 18.8. The minimum Gasteiger partial charge on any atom is -0.480 e. The van der Waals surface area contributed by atoms with Gasteiger partial charge in [-0.25, -0.2) is 4.39 Å². The number of rotatable bonds is 4. The first kappa shape index (κ1) is 16.0. The number of hydrogen-bond acceptors (Lipinski definition) is 5. The fourth-order valence-corrected chi connectivity index (χ4v) is 2.95. The quantitative estimate of drug-likeness (QED) is 0.855. The second-order valence-corrected chi connectivity index (χ2v) is 5.87. The molecule has 0 atom stereocenters. The maximum absolute atomic E-state index is 13.2. The van der Waals surface area contributed by atoms with Crippen LogP contribution in [0.25, 0.3) is 17.4 Å². The van der Waals surface area contributed by atoms with Crippen LogP contribution in [0.2, 0.25) is 0 Å². The Bertz CT molecular complexity index is 873. The van der Waals surface area contributed by atoms with Gasteiger partial charge in [-0.1, -0.05) is 12.1 Å². The molecule has 0 bridgehead atoms. The van der Waals surface area contributed by atoms with Crippen molar-refractivity contribution in [3.63, 3.8) is 0 Å². The molecule has 8 heteroatoms. The highest BCUT2D eigenvalue weighted by Gasteiger charge is 2.36. The summed E-state index contributed by atoms with van der Waals surface area (Å²) in [5, 5.41) is 8.07. The second kappa shape index (κ2) is 6.32. The largest absolute Gasteiger partial charge is 0.480 e. The van der Waals surface area contributed by atoms with Gasteiger partial charge >= 0.3 is 5.97 Å². The molecular weight excluding hydrogens is 337 g/mol. The van der Waals surface area contributed by atoms with E-state index in [0.29, 0.717) is 33.7 Å². The van der Waals surface area contributed by atoms with E-state index in [0.717, 1.165) is 0 Å². The Labute approximate surface area is 139 Å². The van der Waals surface area contributed by atoms with Gasteiger partial charge in [0, 0.05) is 11.6 Å². The van der Waals surface area contributed by atoms with E-state index in [4.69, 9.17) is 9.52 Å². The summed E-state index contributed by atoms with van der Waals surface area (Å²) >= 11 is 0.641. The van der Waals surface area contributed by atoms with Gasteiger partial charge in [-0.3, -0.25) is 19.3 Å². The van der Waals surface area contributed by atoms with Gasteiger partial charge < -0.3 is 9.52 Å². The number of amides is 2. The molecule has 1 N–H and O–H groups in total. The van der Waals surface area contributed by atoms with Crippen LogP contribution in [-0.2, 0) is 9.59 Å². The third-order valence-corrected chi connectivity index (χ3v) is 4.08. The van der Waals surface area contributed by atoms with Crippen molar-refractivity contribution in [2.24, 2.45) is 0 Å². The lowest BCUT2D eigenvalue weighted by Crippen LogP contribution is -2.33. The molecule has 2 heterocycles. The molecule has 122 valence electrons. The molecule has 0 aliphatic carbocycles. The molecule has 0 radical (unpaired) electrons. The van der Waals surface area contributed by atoms with Gasteiger partial charge in [0.05, 0.1) is 4.91 Å². The van der Waals surface area contributed by atoms with E-state index in [1.54, 1.807) is 24.3 Å². The van der Waals surface area contributed by atoms with Gasteiger partial charge in [-0.2, -0.15) is 0 Å². The average Bonchev–Trinajstić information content (AvgIpc) is 3.08. The number of carbonyl (C=O) groups excluding carboxylic acids is 2. The van der Waals surface area contributed by atoms with Crippen molar-refractivity contribution in [1.29, 1.82) is 0 Å². The second-order valence-electron chi connectivity index (χ2n) is 4.87. The van der Waals surface area contributed by atoms with Crippen LogP contribution in [0.5, 0.6) is 0 Å². The minimum absolute atomic E-state index is 0.0707. The van der Waals surface area contributed by atoms with Gasteiger partial charge in [-0.15, -0.1) is 0 Å². The first-order valence-corrected chi connectivity index (χ1v) is 7.58. The van der Waals surface area contributed by atoms with E-state index in [-0.39, 0.29) is 4.91 Å². The number of benzene rings is 1. The maximum atomic E-state index is 13.2. The van der Waals surface area contributed by atoms with Crippen molar-refractivity contribution in [2.45, 2.75) is 0 Å². The molecule has 2 amide bonds. The van der Waals surface area contributed by atoms with Gasteiger partial charge in [0.1, 0.15) is 23.9 Å². The molecular formula is C16H10FNO5S. The van der Waals surface area contributed by atoms with Crippen LogP contribution in [0.1, 0.15) is 5.76 Å². The molecule has 1 saturated heterocycles. The Kier molecular flexibility index (Phi) is 4.22. The fraction of sp³-hybridized carbons (Fsp3) is 0.0625. The Morgan fingerprint density at radius 3 is 2.79 bits per heavy atom. The predicted octanol–water partition coefficient (Wildman–Crippen LogP) is 3.21. The van der Waals surface area contributed by atoms with Crippen molar-refractivity contribution in [2.75, 3.05) is 6.54 Å². The SMILES string of the molecule is O=C(O)CN1C(=O)S/C(=C\c2ccc(-c3cccc(F)c3)o2)C1=O. The van der Waals surface area contributed by atoms with Crippen molar-refractivity contribution in [1.82, 2.24) is 4.90 Å². The summed E-state index contributed by atoms with van der Waals surface area (Å²) in [7, 11) is 0. The van der Waals surface area contributed by atoms with Crippen molar-refractivity contribution >= 4 is 35.0 Å². The predicted molar refractivity (Wildman–Crippen MR) is 84.4 cm³/mol. The molecule has 24 heavy (non-hydrogen) atoms. The van der Waals surface area contributed by atoms with Crippen LogP contribution in [0.3, 0.4) is 0 Å². The summed E-state index contributed by atoms with van der Waals surface area (Å²) in [5.41, 5.74) is 0.536. The number of carboxylic acids is 1. The molecule has 0 spiro atoms. The number of furan rings is 1. The number of carbonyl (C=O) groups is 3. The van der Waals surface area contributed by atoms with E-state index in [9.17, 15) is 18.8 Å². The zero-order valence-corrected chi connectivity index (χ0v) is 12.9. The highest BCUT2D eigenvalue weighted by molar-refractivity contribution is 8.18. The minimum atomic E-state index is -1.27. The fourth-order valence-electron chi connectivity index (χ4n) is 2.13. The molecule has 3 rings (SSSR count). The molecule has 1 aromatic carbocycles. The zero-order chi connectivity index (χ0) is 17.3. The first-order valence-electron chi connectivity index (χ1n) is 6.77. The van der Waals surface area contributed by atoms with Gasteiger partial charge in [0.25, 0.3) is 11.1 Å². The maximum Gasteiger partial charge on any atom is 0.323 e. The van der Waals surface area contributed by atoms with Crippen LogP contribution in [0.4, 0.5) is 9.18 Å². The highest BCUT2D eigenvalue weighted by atomic mass is 32.2. The number of hydrogen-bond donors (Lipinski definition) is 1. The van der Waals surface area contributed by atoms with Crippen LogP contribution in [-0.4, -0.2) is 33.7 Å². The van der Waals surface area contributed by atoms with E-state index in [1.807, 2.05) is 0 Å². The molecule has 1 aromatic heterocycles. The first-order chi connectivity index (χ1) is 11.4. The van der Waals surface area contributed by atoms with Crippen molar-refractivity contribution < 1.29 is 28.3 Å². The third-order valence-electron chi connectivity index (χ3n) is 3.18. The average molecular weight is 347 g/mol. The molecule has 1 aliphatic heterocycles. The number of thioether (sulfide) groups is 1. The lowest BCUT2D eigenvalue weighted by atomic mass is 10.2. The zero-order valence-electron chi connectivity index (χ0n) is 12.1. The number of halogens is 1. The van der Waals surface area contributed by atoms with E-state index < -0.39 is 29.5 Å². The molecule has 2 aromatic rings.